The number of ketones is 1. The average Bonchev–Trinajstić information content (AvgIpc) is 2.03. The Hall–Kier alpha value is -1.51. The maximum absolute atomic E-state index is 10.5. The molecule has 0 saturated carbocycles. The highest BCUT2D eigenvalue weighted by atomic mass is 16.5. The normalized spacial score (nSPS) is 9.42. The number of phenols is 1. The van der Waals surface area contributed by atoms with Crippen molar-refractivity contribution in [2.45, 2.75) is 6.92 Å². The van der Waals surface area contributed by atoms with Crippen LogP contribution in [0.15, 0.2) is 24.3 Å². The molecule has 1 N–H and O–H groups in total. The summed E-state index contributed by atoms with van der Waals surface area (Å²) in [6.07, 6.45) is 0. The molecule has 0 unspecified atom stereocenters. The van der Waals surface area contributed by atoms with Crippen LogP contribution in [-0.4, -0.2) is 17.5 Å². The Labute approximate surface area is 70.6 Å². The quantitative estimate of drug-likeness (QED) is 0.737. The van der Waals surface area contributed by atoms with Crippen LogP contribution in [-0.2, 0) is 4.79 Å². The number of ether oxygens (including phenoxy) is 1. The van der Waals surface area contributed by atoms with Crippen molar-refractivity contribution in [3.63, 3.8) is 0 Å². The van der Waals surface area contributed by atoms with Gasteiger partial charge in [-0.15, -0.1) is 0 Å². The number of hydrogen-bond acceptors (Lipinski definition) is 3. The molecule has 0 aromatic heterocycles. The van der Waals surface area contributed by atoms with Crippen molar-refractivity contribution in [3.05, 3.63) is 24.3 Å². The summed E-state index contributed by atoms with van der Waals surface area (Å²) < 4.78 is 5.06. The molecule has 0 heterocycles. The number of aromatic hydroxyl groups is 1. The first-order chi connectivity index (χ1) is 5.68. The number of phenolic OH excluding ortho intramolecular Hbond substituents is 1. The Morgan fingerprint density at radius 1 is 1.42 bits per heavy atom. The molecule has 0 fully saturated rings. The predicted octanol–water partition coefficient (Wildman–Crippen LogP) is 1.36. The van der Waals surface area contributed by atoms with E-state index in [1.165, 1.54) is 19.1 Å². The van der Waals surface area contributed by atoms with Gasteiger partial charge in [0.15, 0.2) is 5.78 Å². The van der Waals surface area contributed by atoms with E-state index >= 15 is 0 Å². The Balaban J connectivity index is 2.53. The van der Waals surface area contributed by atoms with Crippen LogP contribution in [0.5, 0.6) is 11.5 Å². The topological polar surface area (TPSA) is 46.5 Å². The lowest BCUT2D eigenvalue weighted by molar-refractivity contribution is -0.118. The van der Waals surface area contributed by atoms with Gasteiger partial charge in [0, 0.05) is 0 Å². The lowest BCUT2D eigenvalue weighted by Gasteiger charge is -2.02. The number of carbonyl (C=O) groups is 1. The van der Waals surface area contributed by atoms with Gasteiger partial charge >= 0.3 is 0 Å². The van der Waals surface area contributed by atoms with Gasteiger partial charge < -0.3 is 9.84 Å². The van der Waals surface area contributed by atoms with Gasteiger partial charge in [0.05, 0.1) is 0 Å². The number of rotatable bonds is 3. The summed E-state index contributed by atoms with van der Waals surface area (Å²) in [4.78, 5) is 10.5. The van der Waals surface area contributed by atoms with Crippen molar-refractivity contribution in [3.8, 4) is 11.5 Å². The number of benzene rings is 1. The van der Waals surface area contributed by atoms with E-state index in [2.05, 4.69) is 0 Å². The fourth-order valence-corrected chi connectivity index (χ4v) is 0.727. The molecule has 0 aliphatic carbocycles. The molecule has 0 aliphatic heterocycles. The van der Waals surface area contributed by atoms with Gasteiger partial charge in [-0.05, 0) is 31.2 Å². The summed E-state index contributed by atoms with van der Waals surface area (Å²) >= 11 is 0. The molecule has 0 bridgehead atoms. The third kappa shape index (κ3) is 2.62. The summed E-state index contributed by atoms with van der Waals surface area (Å²) in [6, 6.07) is 6.24. The molecule has 1 aromatic carbocycles. The first-order valence-electron chi connectivity index (χ1n) is 3.60. The highest BCUT2D eigenvalue weighted by Crippen LogP contribution is 2.15. The van der Waals surface area contributed by atoms with E-state index < -0.39 is 0 Å². The first-order valence-corrected chi connectivity index (χ1v) is 3.60. The van der Waals surface area contributed by atoms with Crippen molar-refractivity contribution in [2.24, 2.45) is 0 Å². The Bertz CT molecular complexity index is 264. The minimum atomic E-state index is -0.0249. The van der Waals surface area contributed by atoms with Crippen LogP contribution in [0.1, 0.15) is 6.92 Å². The van der Waals surface area contributed by atoms with Crippen LogP contribution >= 0.6 is 0 Å². The Morgan fingerprint density at radius 3 is 2.50 bits per heavy atom. The summed E-state index contributed by atoms with van der Waals surface area (Å²) in [6.45, 7) is 1.53. The molecule has 3 nitrogen and oxygen atoms in total. The third-order valence-corrected chi connectivity index (χ3v) is 1.28. The third-order valence-electron chi connectivity index (χ3n) is 1.28. The van der Waals surface area contributed by atoms with E-state index in [4.69, 9.17) is 9.84 Å². The molecule has 1 aromatic rings. The van der Waals surface area contributed by atoms with E-state index in [0.29, 0.717) is 5.75 Å². The van der Waals surface area contributed by atoms with Gasteiger partial charge in [-0.1, -0.05) is 0 Å². The van der Waals surface area contributed by atoms with Crippen molar-refractivity contribution >= 4 is 5.78 Å². The van der Waals surface area contributed by atoms with E-state index in [1.807, 2.05) is 0 Å². The maximum atomic E-state index is 10.5. The fourth-order valence-electron chi connectivity index (χ4n) is 0.727. The average molecular weight is 166 g/mol. The second-order valence-electron chi connectivity index (χ2n) is 2.48. The van der Waals surface area contributed by atoms with E-state index in [-0.39, 0.29) is 18.1 Å². The fraction of sp³-hybridized carbons (Fsp3) is 0.222. The highest BCUT2D eigenvalue weighted by molar-refractivity contribution is 5.77. The molecule has 0 radical (unpaired) electrons. The van der Waals surface area contributed by atoms with Crippen molar-refractivity contribution < 1.29 is 14.6 Å². The molecule has 0 spiro atoms. The van der Waals surface area contributed by atoms with E-state index in [1.54, 1.807) is 12.1 Å². The van der Waals surface area contributed by atoms with Gasteiger partial charge in [-0.3, -0.25) is 4.79 Å². The number of carbonyl (C=O) groups excluding carboxylic acids is 1. The molecule has 64 valence electrons. The van der Waals surface area contributed by atoms with Crippen LogP contribution in [0.3, 0.4) is 0 Å². The standard InChI is InChI=1S/C9H10O3/c1-7(10)6-12-9-4-2-8(11)3-5-9/h2-5,11H,6H2,1H3. The molecule has 0 saturated heterocycles. The van der Waals surface area contributed by atoms with Gasteiger partial charge in [-0.2, -0.15) is 0 Å². The van der Waals surface area contributed by atoms with Crippen LogP contribution in [0.4, 0.5) is 0 Å². The largest absolute Gasteiger partial charge is 0.508 e. The SMILES string of the molecule is CC(=O)COc1ccc(O)cc1. The molecule has 0 atom stereocenters. The van der Waals surface area contributed by atoms with Gasteiger partial charge in [0.25, 0.3) is 0 Å². The maximum Gasteiger partial charge on any atom is 0.167 e. The van der Waals surface area contributed by atoms with E-state index in [0.717, 1.165) is 0 Å². The second-order valence-corrected chi connectivity index (χ2v) is 2.48. The Kier molecular flexibility index (Phi) is 2.69. The van der Waals surface area contributed by atoms with Crippen LogP contribution in [0.2, 0.25) is 0 Å². The zero-order chi connectivity index (χ0) is 8.97. The second kappa shape index (κ2) is 3.76. The smallest absolute Gasteiger partial charge is 0.167 e. The van der Waals surface area contributed by atoms with Crippen molar-refractivity contribution in [2.75, 3.05) is 6.61 Å². The minimum absolute atomic E-state index is 0.0249. The molecule has 3 heteroatoms. The van der Waals surface area contributed by atoms with Crippen LogP contribution < -0.4 is 4.74 Å². The molecule has 1 rings (SSSR count). The van der Waals surface area contributed by atoms with Gasteiger partial charge in [-0.25, -0.2) is 0 Å². The monoisotopic (exact) mass is 166 g/mol. The summed E-state index contributed by atoms with van der Waals surface area (Å²) in [5, 5.41) is 8.91. The zero-order valence-electron chi connectivity index (χ0n) is 6.78. The van der Waals surface area contributed by atoms with Gasteiger partial charge in [0.2, 0.25) is 0 Å². The molecule has 0 aliphatic rings. The van der Waals surface area contributed by atoms with Gasteiger partial charge in [0.1, 0.15) is 18.1 Å². The summed E-state index contributed by atoms with van der Waals surface area (Å²) in [7, 11) is 0. The van der Waals surface area contributed by atoms with Crippen LogP contribution in [0, 0.1) is 0 Å². The summed E-state index contributed by atoms with van der Waals surface area (Å²) in [5.74, 6) is 0.747. The lowest BCUT2D eigenvalue weighted by Crippen LogP contribution is -2.06. The molecule has 0 amide bonds. The van der Waals surface area contributed by atoms with Crippen molar-refractivity contribution in [1.82, 2.24) is 0 Å². The summed E-state index contributed by atoms with van der Waals surface area (Å²) in [5.41, 5.74) is 0. The molecule has 12 heavy (non-hydrogen) atoms. The lowest BCUT2D eigenvalue weighted by atomic mass is 10.3. The highest BCUT2D eigenvalue weighted by Gasteiger charge is 1.95. The Morgan fingerprint density at radius 2 is 2.00 bits per heavy atom. The molecular weight excluding hydrogens is 156 g/mol. The number of hydrogen-bond donors (Lipinski definition) is 1. The van der Waals surface area contributed by atoms with Crippen molar-refractivity contribution in [1.29, 1.82) is 0 Å². The number of Topliss-reactive ketones (excluding diaryl/α,β-unsaturated/α-hetero) is 1. The minimum Gasteiger partial charge on any atom is -0.508 e. The van der Waals surface area contributed by atoms with Crippen LogP contribution in [0.25, 0.3) is 0 Å². The molecular formula is C9H10O3. The van der Waals surface area contributed by atoms with E-state index in [9.17, 15) is 4.79 Å². The first kappa shape index (κ1) is 8.59. The zero-order valence-corrected chi connectivity index (χ0v) is 6.78. The predicted molar refractivity (Wildman–Crippen MR) is 44.3 cm³/mol.